The maximum absolute atomic E-state index is 13.0. The van der Waals surface area contributed by atoms with Crippen LogP contribution in [-0.4, -0.2) is 10.9 Å². The molecule has 1 N–H and O–H groups in total. The minimum atomic E-state index is -0.0611. The maximum atomic E-state index is 13.0. The zero-order valence-corrected chi connectivity index (χ0v) is 15.0. The van der Waals surface area contributed by atoms with Crippen LogP contribution in [0.15, 0.2) is 91.0 Å². The van der Waals surface area contributed by atoms with Crippen molar-refractivity contribution in [2.45, 2.75) is 26.1 Å². The van der Waals surface area contributed by atoms with Crippen LogP contribution in [0.3, 0.4) is 0 Å². The Labute approximate surface area is 155 Å². The van der Waals surface area contributed by atoms with Crippen LogP contribution in [-0.2, 0) is 13.1 Å². The average Bonchev–Trinajstić information content (AvgIpc) is 2.69. The molecule has 3 nitrogen and oxygen atoms in total. The molecule has 0 saturated carbocycles. The molecular formula is C23H24N2O. The Balaban J connectivity index is 1.74. The number of amides is 2. The maximum Gasteiger partial charge on any atom is 0.318 e. The lowest BCUT2D eigenvalue weighted by molar-refractivity contribution is 0.189. The van der Waals surface area contributed by atoms with Crippen LogP contribution in [0.4, 0.5) is 4.79 Å². The Hall–Kier alpha value is -3.07. The topological polar surface area (TPSA) is 32.3 Å². The van der Waals surface area contributed by atoms with E-state index in [1.54, 1.807) is 0 Å². The fourth-order valence-corrected chi connectivity index (χ4v) is 2.91. The molecule has 3 rings (SSSR count). The molecule has 26 heavy (non-hydrogen) atoms. The Morgan fingerprint density at radius 2 is 1.19 bits per heavy atom. The molecule has 3 aromatic carbocycles. The summed E-state index contributed by atoms with van der Waals surface area (Å²) in [5, 5.41) is 3.12. The molecule has 0 spiro atoms. The van der Waals surface area contributed by atoms with E-state index in [-0.39, 0.29) is 12.1 Å². The van der Waals surface area contributed by atoms with E-state index in [2.05, 4.69) is 5.32 Å². The van der Waals surface area contributed by atoms with Gasteiger partial charge in [-0.25, -0.2) is 4.79 Å². The number of carbonyl (C=O) groups is 1. The van der Waals surface area contributed by atoms with Gasteiger partial charge in [-0.15, -0.1) is 0 Å². The minimum Gasteiger partial charge on any atom is -0.331 e. The van der Waals surface area contributed by atoms with Crippen LogP contribution in [0, 0.1) is 0 Å². The highest BCUT2D eigenvalue weighted by Gasteiger charge is 2.17. The van der Waals surface area contributed by atoms with E-state index < -0.39 is 0 Å². The summed E-state index contributed by atoms with van der Waals surface area (Å²) >= 11 is 0. The minimum absolute atomic E-state index is 0.0438. The van der Waals surface area contributed by atoms with Gasteiger partial charge in [-0.1, -0.05) is 91.0 Å². The normalized spacial score (nSPS) is 11.6. The van der Waals surface area contributed by atoms with Crippen molar-refractivity contribution in [2.24, 2.45) is 0 Å². The smallest absolute Gasteiger partial charge is 0.318 e. The molecule has 0 radical (unpaired) electrons. The zero-order chi connectivity index (χ0) is 18.2. The van der Waals surface area contributed by atoms with Gasteiger partial charge in [0.05, 0.1) is 6.04 Å². The van der Waals surface area contributed by atoms with Crippen LogP contribution < -0.4 is 5.32 Å². The second kappa shape index (κ2) is 8.86. The second-order valence-corrected chi connectivity index (χ2v) is 6.41. The van der Waals surface area contributed by atoms with Gasteiger partial charge in [-0.3, -0.25) is 0 Å². The molecule has 0 aliphatic rings. The summed E-state index contributed by atoms with van der Waals surface area (Å²) < 4.78 is 0. The second-order valence-electron chi connectivity index (χ2n) is 6.41. The van der Waals surface area contributed by atoms with Crippen LogP contribution in [0.5, 0.6) is 0 Å². The van der Waals surface area contributed by atoms with E-state index >= 15 is 0 Å². The number of urea groups is 1. The first kappa shape index (κ1) is 17.7. The number of hydrogen-bond donors (Lipinski definition) is 1. The number of carbonyl (C=O) groups excluding carboxylic acids is 1. The predicted octanol–water partition coefficient (Wildman–Crippen LogP) is 5.16. The van der Waals surface area contributed by atoms with Crippen LogP contribution >= 0.6 is 0 Å². The van der Waals surface area contributed by atoms with Gasteiger partial charge < -0.3 is 10.2 Å². The van der Waals surface area contributed by atoms with E-state index in [1.807, 2.05) is 103 Å². The Morgan fingerprint density at radius 3 is 1.65 bits per heavy atom. The van der Waals surface area contributed by atoms with Gasteiger partial charge in [0.15, 0.2) is 0 Å². The van der Waals surface area contributed by atoms with Crippen LogP contribution in [0.25, 0.3) is 0 Å². The molecule has 0 heterocycles. The van der Waals surface area contributed by atoms with E-state index in [9.17, 15) is 4.79 Å². The largest absolute Gasteiger partial charge is 0.331 e. The van der Waals surface area contributed by atoms with Gasteiger partial charge in [0.25, 0.3) is 0 Å². The number of nitrogens with one attached hydrogen (secondary N) is 1. The third-order valence-electron chi connectivity index (χ3n) is 4.36. The van der Waals surface area contributed by atoms with E-state index in [1.165, 1.54) is 0 Å². The lowest BCUT2D eigenvalue weighted by Crippen LogP contribution is -2.40. The molecule has 0 aliphatic carbocycles. The average molecular weight is 344 g/mol. The van der Waals surface area contributed by atoms with Crippen molar-refractivity contribution < 1.29 is 4.79 Å². The van der Waals surface area contributed by atoms with Gasteiger partial charge >= 0.3 is 6.03 Å². The lowest BCUT2D eigenvalue weighted by Gasteiger charge is -2.26. The van der Waals surface area contributed by atoms with Gasteiger partial charge in [0, 0.05) is 13.1 Å². The van der Waals surface area contributed by atoms with E-state index in [0.717, 1.165) is 16.7 Å². The van der Waals surface area contributed by atoms with Crippen molar-refractivity contribution in [2.75, 3.05) is 0 Å². The lowest BCUT2D eigenvalue weighted by atomic mass is 10.1. The van der Waals surface area contributed by atoms with Crippen molar-refractivity contribution in [1.82, 2.24) is 10.2 Å². The molecular weight excluding hydrogens is 320 g/mol. The third kappa shape index (κ3) is 4.96. The Morgan fingerprint density at radius 1 is 0.769 bits per heavy atom. The molecule has 0 aliphatic heterocycles. The van der Waals surface area contributed by atoms with Gasteiger partial charge in [-0.2, -0.15) is 0 Å². The Bertz CT molecular complexity index is 762. The molecule has 0 bridgehead atoms. The number of benzene rings is 3. The quantitative estimate of drug-likeness (QED) is 0.658. The molecule has 3 aromatic rings. The van der Waals surface area contributed by atoms with Gasteiger partial charge in [0.2, 0.25) is 0 Å². The molecule has 3 heteroatoms. The first-order valence-electron chi connectivity index (χ1n) is 8.90. The first-order chi connectivity index (χ1) is 12.7. The number of hydrogen-bond acceptors (Lipinski definition) is 1. The summed E-state index contributed by atoms with van der Waals surface area (Å²) in [6, 6.07) is 30.1. The van der Waals surface area contributed by atoms with Crippen molar-refractivity contribution >= 4 is 6.03 Å². The van der Waals surface area contributed by atoms with E-state index in [0.29, 0.717) is 13.1 Å². The predicted molar refractivity (Wildman–Crippen MR) is 106 cm³/mol. The third-order valence-corrected chi connectivity index (χ3v) is 4.36. The van der Waals surface area contributed by atoms with Crippen molar-refractivity contribution in [3.05, 3.63) is 108 Å². The van der Waals surface area contributed by atoms with Crippen molar-refractivity contribution in [3.63, 3.8) is 0 Å². The number of rotatable bonds is 6. The molecule has 1 atom stereocenters. The van der Waals surface area contributed by atoms with Gasteiger partial charge in [-0.05, 0) is 23.6 Å². The van der Waals surface area contributed by atoms with E-state index in [4.69, 9.17) is 0 Å². The monoisotopic (exact) mass is 344 g/mol. The van der Waals surface area contributed by atoms with Crippen molar-refractivity contribution in [1.29, 1.82) is 0 Å². The summed E-state index contributed by atoms with van der Waals surface area (Å²) in [6.07, 6.45) is 0. The SMILES string of the molecule is CC(NC(=O)N(Cc1ccccc1)Cc1ccccc1)c1ccccc1. The first-order valence-corrected chi connectivity index (χ1v) is 8.90. The summed E-state index contributed by atoms with van der Waals surface area (Å²) in [4.78, 5) is 14.8. The highest BCUT2D eigenvalue weighted by Crippen LogP contribution is 2.14. The fraction of sp³-hybridized carbons (Fsp3) is 0.174. The highest BCUT2D eigenvalue weighted by atomic mass is 16.2. The Kier molecular flexibility index (Phi) is 6.05. The summed E-state index contributed by atoms with van der Waals surface area (Å²) in [6.45, 7) is 3.16. The molecule has 1 unspecified atom stereocenters. The van der Waals surface area contributed by atoms with Crippen LogP contribution in [0.2, 0.25) is 0 Å². The molecule has 2 amide bonds. The number of nitrogens with zero attached hydrogens (tertiary/aromatic N) is 1. The molecule has 0 saturated heterocycles. The molecule has 0 aromatic heterocycles. The zero-order valence-electron chi connectivity index (χ0n) is 15.0. The standard InChI is InChI=1S/C23H24N2O/c1-19(22-15-9-4-10-16-22)24-23(26)25(17-20-11-5-2-6-12-20)18-21-13-7-3-8-14-21/h2-16,19H,17-18H2,1H3,(H,24,26). The van der Waals surface area contributed by atoms with Crippen LogP contribution in [0.1, 0.15) is 29.7 Å². The summed E-state index contributed by atoms with van der Waals surface area (Å²) in [7, 11) is 0. The van der Waals surface area contributed by atoms with Gasteiger partial charge in [0.1, 0.15) is 0 Å². The molecule has 0 fully saturated rings. The fourth-order valence-electron chi connectivity index (χ4n) is 2.91. The summed E-state index contributed by atoms with van der Waals surface area (Å²) in [5.41, 5.74) is 3.33. The molecule has 132 valence electrons. The highest BCUT2D eigenvalue weighted by molar-refractivity contribution is 5.74. The van der Waals surface area contributed by atoms with Crippen molar-refractivity contribution in [3.8, 4) is 0 Å². The summed E-state index contributed by atoms with van der Waals surface area (Å²) in [5.74, 6) is 0.